The van der Waals surface area contributed by atoms with Crippen LogP contribution in [0.1, 0.15) is 12.5 Å². The summed E-state index contributed by atoms with van der Waals surface area (Å²) in [7, 11) is 5.16. The van der Waals surface area contributed by atoms with E-state index >= 15 is 0 Å². The number of hydrogen-bond acceptors (Lipinski definition) is 4. The van der Waals surface area contributed by atoms with Crippen molar-refractivity contribution in [1.29, 1.82) is 5.41 Å². The molecule has 0 aliphatic carbocycles. The van der Waals surface area contributed by atoms with Gasteiger partial charge in [-0.25, -0.2) is 0 Å². The summed E-state index contributed by atoms with van der Waals surface area (Å²) in [5.74, 6) is -2.12. The Morgan fingerprint density at radius 3 is 2.59 bits per heavy atom. The number of aryl methyl sites for hydroxylation is 1. The van der Waals surface area contributed by atoms with Gasteiger partial charge < -0.3 is 15.1 Å². The minimum atomic E-state index is -0.943. The summed E-state index contributed by atoms with van der Waals surface area (Å²) >= 11 is 9.58. The molecule has 27 heavy (non-hydrogen) atoms. The zero-order chi connectivity index (χ0) is 20.3. The highest BCUT2D eigenvalue weighted by Crippen LogP contribution is 2.36. The smallest absolute Gasteiger partial charge is 0.237 e. The number of benzene rings is 1. The van der Waals surface area contributed by atoms with Crippen molar-refractivity contribution in [2.24, 2.45) is 11.8 Å². The Morgan fingerprint density at radius 1 is 1.41 bits per heavy atom. The predicted octanol–water partition coefficient (Wildman–Crippen LogP) is 3.28. The number of halogens is 2. The number of amides is 2. The highest BCUT2D eigenvalue weighted by atomic mass is 79.9. The summed E-state index contributed by atoms with van der Waals surface area (Å²) < 4.78 is 0.0704. The maximum Gasteiger partial charge on any atom is 0.237 e. The van der Waals surface area contributed by atoms with Crippen LogP contribution >= 0.6 is 27.5 Å². The molecule has 1 aromatic carbocycles. The number of rotatable bonds is 6. The van der Waals surface area contributed by atoms with Crippen LogP contribution in [0.25, 0.3) is 0 Å². The van der Waals surface area contributed by atoms with Gasteiger partial charge in [-0.1, -0.05) is 36.7 Å². The highest BCUT2D eigenvalue weighted by Gasteiger charge is 2.46. The first-order valence-electron chi connectivity index (χ1n) is 8.64. The van der Waals surface area contributed by atoms with Crippen molar-refractivity contribution in [1.82, 2.24) is 9.80 Å². The number of hydrogen-bond donors (Lipinski definition) is 2. The van der Waals surface area contributed by atoms with Crippen molar-refractivity contribution in [2.75, 3.05) is 33.0 Å². The van der Waals surface area contributed by atoms with E-state index in [1.165, 1.54) is 4.90 Å². The predicted molar refractivity (Wildman–Crippen MR) is 112 cm³/mol. The Bertz CT molecular complexity index is 794. The number of carbonyl (C=O) groups excluding carboxylic acids is 2. The summed E-state index contributed by atoms with van der Waals surface area (Å²) in [6, 6.07) is 7.52. The first kappa shape index (κ1) is 21.4. The first-order chi connectivity index (χ1) is 12.7. The zero-order valence-electron chi connectivity index (χ0n) is 15.8. The monoisotopic (exact) mass is 454 g/mol. The lowest BCUT2D eigenvalue weighted by atomic mass is 9.88. The molecule has 1 aromatic rings. The van der Waals surface area contributed by atoms with Gasteiger partial charge in [0.15, 0.2) is 0 Å². The first-order valence-corrected chi connectivity index (χ1v) is 9.81. The number of likely N-dealkylation sites (tertiary alicyclic amines) is 1. The molecule has 1 heterocycles. The third kappa shape index (κ3) is 4.52. The Kier molecular flexibility index (Phi) is 7.06. The molecule has 2 rings (SSSR count). The topological polar surface area (TPSA) is 76.5 Å². The van der Waals surface area contributed by atoms with Crippen molar-refractivity contribution in [3.63, 3.8) is 0 Å². The van der Waals surface area contributed by atoms with Crippen LogP contribution < -0.4 is 5.32 Å². The molecule has 0 unspecified atom stereocenters. The van der Waals surface area contributed by atoms with Gasteiger partial charge in [-0.15, -0.1) is 0 Å². The number of nitrogens with one attached hydrogen (secondary N) is 2. The lowest BCUT2D eigenvalue weighted by Gasteiger charge is -2.23. The molecule has 2 amide bonds. The van der Waals surface area contributed by atoms with E-state index in [4.69, 9.17) is 17.0 Å². The molecule has 1 saturated heterocycles. The van der Waals surface area contributed by atoms with Crippen LogP contribution in [0, 0.1) is 17.2 Å². The summed E-state index contributed by atoms with van der Waals surface area (Å²) in [6.07, 6.45) is 0.766. The fourth-order valence-electron chi connectivity index (χ4n) is 3.26. The maximum atomic E-state index is 13.0. The molecule has 0 saturated carbocycles. The molecule has 6 nitrogen and oxygen atoms in total. The maximum absolute atomic E-state index is 13.0. The van der Waals surface area contributed by atoms with E-state index in [1.807, 2.05) is 31.2 Å². The van der Waals surface area contributed by atoms with Crippen LogP contribution in [0.3, 0.4) is 0 Å². The van der Waals surface area contributed by atoms with Crippen LogP contribution in [0.4, 0.5) is 5.69 Å². The molecule has 1 aliphatic heterocycles. The number of anilines is 1. The van der Waals surface area contributed by atoms with Crippen LogP contribution in [0.2, 0.25) is 0 Å². The van der Waals surface area contributed by atoms with Crippen LogP contribution in [0.15, 0.2) is 35.0 Å². The average Bonchev–Trinajstić information content (AvgIpc) is 2.89. The zero-order valence-corrected chi connectivity index (χ0v) is 18.2. The van der Waals surface area contributed by atoms with E-state index in [-0.39, 0.29) is 16.4 Å². The van der Waals surface area contributed by atoms with E-state index in [1.54, 1.807) is 26.0 Å². The molecular formula is C19H24BrClN4O2. The number of nitrogens with zero attached hydrogens (tertiary/aromatic N) is 2. The van der Waals surface area contributed by atoms with Gasteiger partial charge in [0.05, 0.1) is 0 Å². The minimum absolute atomic E-state index is 0.0704. The SMILES string of the molecule is CCc1ccccc1NC(=O)[C@H]1C(=O)N(C)C[C@@H]1/C(C(=N)Br)=C(\Cl)N(C)C. The van der Waals surface area contributed by atoms with Gasteiger partial charge in [-0.2, -0.15) is 0 Å². The van der Waals surface area contributed by atoms with Crippen molar-refractivity contribution < 1.29 is 9.59 Å². The van der Waals surface area contributed by atoms with E-state index < -0.39 is 11.8 Å². The molecule has 2 atom stereocenters. The van der Waals surface area contributed by atoms with E-state index in [9.17, 15) is 9.59 Å². The third-order valence-electron chi connectivity index (χ3n) is 4.68. The largest absolute Gasteiger partial charge is 0.368 e. The Balaban J connectivity index is 2.42. The number of para-hydroxylation sites is 1. The Labute approximate surface area is 173 Å². The van der Waals surface area contributed by atoms with E-state index in [2.05, 4.69) is 21.2 Å². The van der Waals surface area contributed by atoms with Gasteiger partial charge in [-0.3, -0.25) is 15.0 Å². The van der Waals surface area contributed by atoms with Crippen molar-refractivity contribution in [3.8, 4) is 0 Å². The molecule has 0 spiro atoms. The molecule has 0 radical (unpaired) electrons. The Hall–Kier alpha value is -1.86. The van der Waals surface area contributed by atoms with Crippen LogP contribution in [-0.4, -0.2) is 53.9 Å². The summed E-state index contributed by atoms with van der Waals surface area (Å²) in [5, 5.41) is 11.3. The fourth-order valence-corrected chi connectivity index (χ4v) is 4.09. The molecular weight excluding hydrogens is 432 g/mol. The van der Waals surface area contributed by atoms with Gasteiger partial charge in [0.25, 0.3) is 0 Å². The number of carbonyl (C=O) groups is 2. The van der Waals surface area contributed by atoms with Crippen molar-refractivity contribution >= 4 is 49.7 Å². The molecule has 8 heteroatoms. The van der Waals surface area contributed by atoms with Crippen molar-refractivity contribution in [3.05, 3.63) is 40.6 Å². The second-order valence-corrected chi connectivity index (χ2v) is 7.87. The third-order valence-corrected chi connectivity index (χ3v) is 5.64. The summed E-state index contributed by atoms with van der Waals surface area (Å²) in [4.78, 5) is 28.9. The highest BCUT2D eigenvalue weighted by molar-refractivity contribution is 9.18. The van der Waals surface area contributed by atoms with Gasteiger partial charge in [0, 0.05) is 44.9 Å². The molecule has 2 N–H and O–H groups in total. The fraction of sp³-hybridized carbons (Fsp3) is 0.421. The standard InChI is InChI=1S/C19H24BrClN4O2/c1-5-11-8-6-7-9-13(11)23-18(26)15-12(10-25(4)19(15)27)14(16(20)22)17(21)24(2)3/h6-9,12,15,22H,5,10H2,1-4H3,(H,23,26)/b17-14-,22-16?/t12-,15+/m1/s1. The molecule has 1 aliphatic rings. The van der Waals surface area contributed by atoms with Crippen LogP contribution in [-0.2, 0) is 16.0 Å². The quantitative estimate of drug-likeness (QED) is 0.393. The Morgan fingerprint density at radius 2 is 2.04 bits per heavy atom. The van der Waals surface area contributed by atoms with E-state index in [0.717, 1.165) is 12.0 Å². The van der Waals surface area contributed by atoms with E-state index in [0.29, 0.717) is 23.0 Å². The molecule has 0 aromatic heterocycles. The molecule has 146 valence electrons. The second-order valence-electron chi connectivity index (χ2n) is 6.72. The molecule has 1 fully saturated rings. The van der Waals surface area contributed by atoms with Crippen LogP contribution in [0.5, 0.6) is 0 Å². The van der Waals surface area contributed by atoms with Gasteiger partial charge in [0.2, 0.25) is 11.8 Å². The minimum Gasteiger partial charge on any atom is -0.368 e. The van der Waals surface area contributed by atoms with Gasteiger partial charge >= 0.3 is 0 Å². The lowest BCUT2D eigenvalue weighted by Crippen LogP contribution is -2.35. The van der Waals surface area contributed by atoms with Gasteiger partial charge in [0.1, 0.15) is 15.7 Å². The summed E-state index contributed by atoms with van der Waals surface area (Å²) in [6.45, 7) is 2.33. The summed E-state index contributed by atoms with van der Waals surface area (Å²) in [5.41, 5.74) is 2.14. The average molecular weight is 456 g/mol. The van der Waals surface area contributed by atoms with Crippen molar-refractivity contribution in [2.45, 2.75) is 13.3 Å². The second kappa shape index (κ2) is 8.89. The molecule has 0 bridgehead atoms. The normalized spacial score (nSPS) is 20.4. The lowest BCUT2D eigenvalue weighted by molar-refractivity contribution is -0.135. The van der Waals surface area contributed by atoms with Gasteiger partial charge in [-0.05, 0) is 34.0 Å².